The first-order chi connectivity index (χ1) is 12.3. The summed E-state index contributed by atoms with van der Waals surface area (Å²) >= 11 is 0. The maximum absolute atomic E-state index is 5.56. The molecule has 25 heavy (non-hydrogen) atoms. The monoisotopic (exact) mass is 322 g/mol. The van der Waals surface area contributed by atoms with Crippen molar-refractivity contribution in [3.8, 4) is 23.5 Å². The molecule has 0 fully saturated rings. The molecule has 0 aliphatic heterocycles. The van der Waals surface area contributed by atoms with E-state index in [1.54, 1.807) is 0 Å². The molecule has 0 unspecified atom stereocenters. The molecule has 3 aromatic carbocycles. The molecule has 0 bridgehead atoms. The van der Waals surface area contributed by atoms with Crippen LogP contribution in [0.3, 0.4) is 0 Å². The van der Waals surface area contributed by atoms with Crippen LogP contribution in [0.15, 0.2) is 78.9 Å². The van der Waals surface area contributed by atoms with Gasteiger partial charge in [-0.3, -0.25) is 0 Å². The van der Waals surface area contributed by atoms with Crippen LogP contribution >= 0.6 is 0 Å². The first-order valence-electron chi connectivity index (χ1n) is 8.37. The van der Waals surface area contributed by atoms with Crippen LogP contribution in [-0.4, -0.2) is 9.55 Å². The highest BCUT2D eigenvalue weighted by Crippen LogP contribution is 2.22. The first-order valence-corrected chi connectivity index (χ1v) is 8.37. The van der Waals surface area contributed by atoms with E-state index in [2.05, 4.69) is 65.1 Å². The molecule has 1 heterocycles. The number of rotatable bonds is 4. The highest BCUT2D eigenvalue weighted by atomic mass is 15.1. The van der Waals surface area contributed by atoms with Crippen molar-refractivity contribution >= 4 is 11.0 Å². The lowest BCUT2D eigenvalue weighted by atomic mass is 10.0. The third-order valence-corrected chi connectivity index (χ3v) is 4.41. The van der Waals surface area contributed by atoms with Crippen LogP contribution < -0.4 is 0 Å². The minimum Gasteiger partial charge on any atom is -0.316 e. The minimum absolute atomic E-state index is 0.540. The Morgan fingerprint density at radius 2 is 1.48 bits per heavy atom. The first kappa shape index (κ1) is 15.2. The number of hydrogen-bond acceptors (Lipinski definition) is 1. The van der Waals surface area contributed by atoms with Gasteiger partial charge in [-0.1, -0.05) is 72.7 Å². The van der Waals surface area contributed by atoms with Gasteiger partial charge >= 0.3 is 0 Å². The van der Waals surface area contributed by atoms with Gasteiger partial charge in [0.1, 0.15) is 5.82 Å². The second kappa shape index (κ2) is 6.67. The molecule has 1 aromatic heterocycles. The molecule has 0 amide bonds. The summed E-state index contributed by atoms with van der Waals surface area (Å²) in [5.41, 5.74) is 5.77. The van der Waals surface area contributed by atoms with Gasteiger partial charge in [-0.05, 0) is 28.8 Å². The number of fused-ring (bicyclic) bond motifs is 1. The van der Waals surface area contributed by atoms with Gasteiger partial charge in [0.2, 0.25) is 0 Å². The Bertz CT molecular complexity index is 1040. The van der Waals surface area contributed by atoms with Gasteiger partial charge in [0.05, 0.1) is 17.6 Å². The Morgan fingerprint density at radius 3 is 2.24 bits per heavy atom. The van der Waals surface area contributed by atoms with Crippen molar-refractivity contribution in [1.29, 1.82) is 0 Å². The molecule has 0 atom stereocenters. The van der Waals surface area contributed by atoms with Crippen LogP contribution in [0.4, 0.5) is 0 Å². The lowest BCUT2D eigenvalue weighted by molar-refractivity contribution is 0.794. The third-order valence-electron chi connectivity index (χ3n) is 4.41. The highest BCUT2D eigenvalue weighted by molar-refractivity contribution is 5.76. The molecule has 4 aromatic rings. The summed E-state index contributed by atoms with van der Waals surface area (Å²) in [6.45, 7) is 0.540. The molecule has 2 heteroatoms. The molecule has 0 saturated heterocycles. The molecule has 0 aliphatic rings. The third kappa shape index (κ3) is 3.05. The van der Waals surface area contributed by atoms with Crippen LogP contribution in [-0.2, 0) is 13.0 Å². The maximum Gasteiger partial charge on any atom is 0.115 e. The van der Waals surface area contributed by atoms with E-state index >= 15 is 0 Å². The van der Waals surface area contributed by atoms with Crippen LogP contribution in [0.25, 0.3) is 22.2 Å². The quantitative estimate of drug-likeness (QED) is 0.487. The average Bonchev–Trinajstić information content (AvgIpc) is 3.01. The van der Waals surface area contributed by atoms with Gasteiger partial charge < -0.3 is 4.57 Å². The number of terminal acetylenes is 1. The molecular weight excluding hydrogens is 304 g/mol. The van der Waals surface area contributed by atoms with Crippen molar-refractivity contribution in [3.63, 3.8) is 0 Å². The second-order valence-corrected chi connectivity index (χ2v) is 6.05. The molecule has 2 nitrogen and oxygen atoms in total. The lowest BCUT2D eigenvalue weighted by Crippen LogP contribution is -2.03. The number of para-hydroxylation sites is 2. The summed E-state index contributed by atoms with van der Waals surface area (Å²) in [7, 11) is 0. The van der Waals surface area contributed by atoms with Crippen LogP contribution in [0.1, 0.15) is 11.4 Å². The van der Waals surface area contributed by atoms with Gasteiger partial charge in [0.25, 0.3) is 0 Å². The van der Waals surface area contributed by atoms with E-state index in [0.29, 0.717) is 6.54 Å². The zero-order chi connectivity index (χ0) is 17.1. The Labute approximate surface area is 147 Å². The van der Waals surface area contributed by atoms with E-state index in [9.17, 15) is 0 Å². The summed E-state index contributed by atoms with van der Waals surface area (Å²) < 4.78 is 2.13. The average molecular weight is 322 g/mol. The molecule has 0 N–H and O–H groups in total. The number of imidazole rings is 1. The van der Waals surface area contributed by atoms with Gasteiger partial charge in [-0.2, -0.15) is 0 Å². The second-order valence-electron chi connectivity index (χ2n) is 6.05. The van der Waals surface area contributed by atoms with E-state index in [1.807, 2.05) is 24.3 Å². The van der Waals surface area contributed by atoms with Crippen molar-refractivity contribution < 1.29 is 0 Å². The zero-order valence-electron chi connectivity index (χ0n) is 13.9. The van der Waals surface area contributed by atoms with E-state index in [4.69, 9.17) is 11.4 Å². The number of nitrogens with zero attached hydrogens (tertiary/aromatic N) is 2. The SMILES string of the molecule is C#CCn1c(Cc2ccc(-c3ccccc3)cc2)nc2ccccc21. The Hall–Kier alpha value is -3.31. The summed E-state index contributed by atoms with van der Waals surface area (Å²) in [4.78, 5) is 4.77. The van der Waals surface area contributed by atoms with Gasteiger partial charge in [-0.15, -0.1) is 6.42 Å². The van der Waals surface area contributed by atoms with Crippen molar-refractivity contribution in [2.24, 2.45) is 0 Å². The summed E-state index contributed by atoms with van der Waals surface area (Å²) in [6, 6.07) is 27.2. The fourth-order valence-corrected chi connectivity index (χ4v) is 3.16. The van der Waals surface area contributed by atoms with Crippen LogP contribution in [0.5, 0.6) is 0 Å². The van der Waals surface area contributed by atoms with Crippen molar-refractivity contribution in [1.82, 2.24) is 9.55 Å². The Morgan fingerprint density at radius 1 is 0.800 bits per heavy atom. The van der Waals surface area contributed by atoms with Gasteiger partial charge in [-0.25, -0.2) is 4.98 Å². The highest BCUT2D eigenvalue weighted by Gasteiger charge is 2.10. The fourth-order valence-electron chi connectivity index (χ4n) is 3.16. The number of hydrogen-bond donors (Lipinski definition) is 0. The lowest BCUT2D eigenvalue weighted by Gasteiger charge is -2.07. The topological polar surface area (TPSA) is 17.8 Å². The van der Waals surface area contributed by atoms with E-state index in [-0.39, 0.29) is 0 Å². The predicted octanol–water partition coefficient (Wildman–Crippen LogP) is 4.93. The smallest absolute Gasteiger partial charge is 0.115 e. The molecule has 0 aliphatic carbocycles. The summed E-state index contributed by atoms with van der Waals surface area (Å²) in [6.07, 6.45) is 6.33. The van der Waals surface area contributed by atoms with E-state index < -0.39 is 0 Å². The van der Waals surface area contributed by atoms with E-state index in [0.717, 1.165) is 23.3 Å². The molecular formula is C23H18N2. The molecule has 0 saturated carbocycles. The molecule has 0 spiro atoms. The Kier molecular flexibility index (Phi) is 4.06. The van der Waals surface area contributed by atoms with Crippen LogP contribution in [0.2, 0.25) is 0 Å². The standard InChI is InChI=1S/C23H18N2/c1-2-16-25-22-11-7-6-10-21(22)24-23(25)17-18-12-14-20(15-13-18)19-8-4-3-5-9-19/h1,3-15H,16-17H2. The number of benzene rings is 3. The van der Waals surface area contributed by atoms with Crippen LogP contribution in [0, 0.1) is 12.3 Å². The van der Waals surface area contributed by atoms with Gasteiger partial charge in [0, 0.05) is 6.42 Å². The van der Waals surface area contributed by atoms with Gasteiger partial charge in [0.15, 0.2) is 0 Å². The molecule has 120 valence electrons. The van der Waals surface area contributed by atoms with E-state index in [1.165, 1.54) is 16.7 Å². The number of aromatic nitrogens is 2. The summed E-state index contributed by atoms with van der Waals surface area (Å²) in [5.74, 6) is 3.75. The van der Waals surface area contributed by atoms with Crippen molar-refractivity contribution in [2.45, 2.75) is 13.0 Å². The summed E-state index contributed by atoms with van der Waals surface area (Å²) in [5, 5.41) is 0. The molecule has 0 radical (unpaired) electrons. The Balaban J connectivity index is 1.65. The zero-order valence-corrected chi connectivity index (χ0v) is 13.9. The predicted molar refractivity (Wildman–Crippen MR) is 103 cm³/mol. The largest absolute Gasteiger partial charge is 0.316 e. The minimum atomic E-state index is 0.540. The van der Waals surface area contributed by atoms with Crippen molar-refractivity contribution in [2.75, 3.05) is 0 Å². The maximum atomic E-state index is 5.56. The normalized spacial score (nSPS) is 10.7. The molecule has 4 rings (SSSR count). The van der Waals surface area contributed by atoms with Crippen molar-refractivity contribution in [3.05, 3.63) is 90.3 Å². The fraction of sp³-hybridized carbons (Fsp3) is 0.0870.